The van der Waals surface area contributed by atoms with E-state index in [4.69, 9.17) is 0 Å². The molecule has 2 unspecified atom stereocenters. The molecule has 2 aliphatic rings. The second kappa shape index (κ2) is 5.07. The van der Waals surface area contributed by atoms with Gasteiger partial charge in [0.1, 0.15) is 0 Å². The van der Waals surface area contributed by atoms with E-state index in [2.05, 4.69) is 21.6 Å². The van der Waals surface area contributed by atoms with Crippen LogP contribution in [0.15, 0.2) is 9.32 Å². The Morgan fingerprint density at radius 1 is 1.45 bits per heavy atom. The van der Waals surface area contributed by atoms with E-state index in [0.29, 0.717) is 11.9 Å². The molecule has 1 N–H and O–H groups in total. The maximum absolute atomic E-state index is 12.5. The summed E-state index contributed by atoms with van der Waals surface area (Å²) in [6, 6.07) is 0.344. The van der Waals surface area contributed by atoms with Crippen molar-refractivity contribution >= 4 is 5.91 Å². The Kier molecular flexibility index (Phi) is 3.40. The third kappa shape index (κ3) is 2.39. The molecular weight excluding hydrogens is 258 g/mol. The van der Waals surface area contributed by atoms with Crippen LogP contribution in [0.2, 0.25) is 0 Å². The maximum atomic E-state index is 12.5. The summed E-state index contributed by atoms with van der Waals surface area (Å²) < 4.78 is 4.45. The molecule has 0 aromatic carbocycles. The third-order valence-corrected chi connectivity index (χ3v) is 4.93. The highest BCUT2D eigenvalue weighted by Gasteiger charge is 2.43. The molecule has 6 heteroatoms. The summed E-state index contributed by atoms with van der Waals surface area (Å²) in [7, 11) is 0. The van der Waals surface area contributed by atoms with E-state index in [1.54, 1.807) is 0 Å². The van der Waals surface area contributed by atoms with E-state index in [0.717, 1.165) is 19.4 Å². The highest BCUT2D eigenvalue weighted by Crippen LogP contribution is 2.45. The first-order valence-electron chi connectivity index (χ1n) is 7.43. The predicted molar refractivity (Wildman–Crippen MR) is 72.1 cm³/mol. The van der Waals surface area contributed by atoms with Crippen LogP contribution < -0.4 is 5.76 Å². The highest BCUT2D eigenvalue weighted by atomic mass is 16.5. The number of likely N-dealkylation sites (tertiary alicyclic amines) is 1. The Hall–Kier alpha value is -1.59. The van der Waals surface area contributed by atoms with Crippen LogP contribution in [0, 0.1) is 5.41 Å². The normalized spacial score (nSPS) is 30.1. The Morgan fingerprint density at radius 2 is 2.25 bits per heavy atom. The number of piperidine rings is 1. The molecule has 20 heavy (non-hydrogen) atoms. The number of H-pyrrole nitrogens is 1. The molecule has 2 heterocycles. The molecule has 1 aromatic rings. The standard InChI is InChI=1S/C14H21N3O3/c1-14-6-3-2-5-10(14)17(8-4-7-14)12(18)9-11-15-13(19)20-16-11/h10H,2-9H2,1H3,(H,15,16,19). The zero-order valence-electron chi connectivity index (χ0n) is 11.9. The molecule has 110 valence electrons. The Bertz CT molecular complexity index is 546. The highest BCUT2D eigenvalue weighted by molar-refractivity contribution is 5.78. The van der Waals surface area contributed by atoms with Crippen LogP contribution in [0.25, 0.3) is 0 Å². The van der Waals surface area contributed by atoms with Crippen molar-refractivity contribution < 1.29 is 9.32 Å². The van der Waals surface area contributed by atoms with Crippen LogP contribution in [0.3, 0.4) is 0 Å². The van der Waals surface area contributed by atoms with Gasteiger partial charge in [0.15, 0.2) is 5.82 Å². The van der Waals surface area contributed by atoms with Crippen LogP contribution in [-0.2, 0) is 11.2 Å². The van der Waals surface area contributed by atoms with Crippen molar-refractivity contribution in [2.75, 3.05) is 6.54 Å². The molecule has 2 fully saturated rings. The SMILES string of the molecule is CC12CCCCC1N(C(=O)Cc1noc(=O)[nH]1)CCC2. The van der Waals surface area contributed by atoms with E-state index in [-0.39, 0.29) is 17.7 Å². The summed E-state index contributed by atoms with van der Waals surface area (Å²) >= 11 is 0. The molecule has 2 atom stereocenters. The lowest BCUT2D eigenvalue weighted by Crippen LogP contribution is -2.55. The first-order chi connectivity index (χ1) is 9.58. The summed E-state index contributed by atoms with van der Waals surface area (Å²) in [6.07, 6.45) is 7.17. The Morgan fingerprint density at radius 3 is 3.00 bits per heavy atom. The van der Waals surface area contributed by atoms with Crippen LogP contribution in [0.5, 0.6) is 0 Å². The molecule has 1 saturated heterocycles. The van der Waals surface area contributed by atoms with Crippen LogP contribution in [-0.4, -0.2) is 33.5 Å². The topological polar surface area (TPSA) is 79.2 Å². The monoisotopic (exact) mass is 279 g/mol. The lowest BCUT2D eigenvalue weighted by molar-refractivity contribution is -0.140. The van der Waals surface area contributed by atoms with E-state index in [9.17, 15) is 9.59 Å². The number of hydrogen-bond acceptors (Lipinski definition) is 4. The number of hydrogen-bond donors (Lipinski definition) is 1. The number of rotatable bonds is 2. The fourth-order valence-electron chi connectivity index (χ4n) is 3.89. The minimum Gasteiger partial charge on any atom is -0.339 e. The molecule has 6 nitrogen and oxygen atoms in total. The number of carbonyl (C=O) groups is 1. The number of nitrogens with zero attached hydrogens (tertiary/aromatic N) is 2. The van der Waals surface area contributed by atoms with E-state index in [1.807, 2.05) is 4.90 Å². The largest absolute Gasteiger partial charge is 0.438 e. The molecular formula is C14H21N3O3. The van der Waals surface area contributed by atoms with Crippen LogP contribution in [0.4, 0.5) is 0 Å². The van der Waals surface area contributed by atoms with E-state index >= 15 is 0 Å². The van der Waals surface area contributed by atoms with Crippen molar-refractivity contribution in [2.24, 2.45) is 5.41 Å². The number of aromatic amines is 1. The van der Waals surface area contributed by atoms with Gasteiger partial charge in [-0.05, 0) is 31.1 Å². The van der Waals surface area contributed by atoms with E-state index < -0.39 is 5.76 Å². The molecule has 1 saturated carbocycles. The number of aromatic nitrogens is 2. The molecule has 1 amide bonds. The second-order valence-corrected chi connectivity index (χ2v) is 6.32. The lowest BCUT2D eigenvalue weighted by Gasteiger charge is -2.51. The minimum atomic E-state index is -0.603. The van der Waals surface area contributed by atoms with Crippen molar-refractivity contribution in [1.82, 2.24) is 15.0 Å². The molecule has 0 bridgehead atoms. The summed E-state index contributed by atoms with van der Waals surface area (Å²) in [6.45, 7) is 3.13. The fraction of sp³-hybridized carbons (Fsp3) is 0.786. The third-order valence-electron chi connectivity index (χ3n) is 4.93. The number of fused-ring (bicyclic) bond motifs is 1. The van der Waals surface area contributed by atoms with Gasteiger partial charge in [-0.2, -0.15) is 0 Å². The first kappa shape index (κ1) is 13.4. The Labute approximate surface area is 117 Å². The average molecular weight is 279 g/mol. The maximum Gasteiger partial charge on any atom is 0.438 e. The fourth-order valence-corrected chi connectivity index (χ4v) is 3.89. The zero-order chi connectivity index (χ0) is 14.2. The van der Waals surface area contributed by atoms with Gasteiger partial charge >= 0.3 is 5.76 Å². The number of nitrogens with one attached hydrogen (secondary N) is 1. The second-order valence-electron chi connectivity index (χ2n) is 6.32. The van der Waals surface area contributed by atoms with Gasteiger partial charge in [0.25, 0.3) is 0 Å². The number of carbonyl (C=O) groups excluding carboxylic acids is 1. The quantitative estimate of drug-likeness (QED) is 0.889. The van der Waals surface area contributed by atoms with Crippen molar-refractivity contribution in [3.8, 4) is 0 Å². The molecule has 0 spiro atoms. The van der Waals surface area contributed by atoms with Crippen LogP contribution >= 0.6 is 0 Å². The van der Waals surface area contributed by atoms with Gasteiger partial charge in [-0.15, -0.1) is 0 Å². The smallest absolute Gasteiger partial charge is 0.339 e. The minimum absolute atomic E-state index is 0.0485. The van der Waals surface area contributed by atoms with Gasteiger partial charge in [0.05, 0.1) is 6.42 Å². The van der Waals surface area contributed by atoms with Gasteiger partial charge in [0, 0.05) is 12.6 Å². The molecule has 3 rings (SSSR count). The summed E-state index contributed by atoms with van der Waals surface area (Å²) in [5.41, 5.74) is 0.267. The van der Waals surface area contributed by atoms with Crippen molar-refractivity contribution in [2.45, 2.75) is 57.9 Å². The van der Waals surface area contributed by atoms with E-state index in [1.165, 1.54) is 25.7 Å². The summed E-state index contributed by atoms with van der Waals surface area (Å²) in [5, 5.41) is 3.58. The van der Waals surface area contributed by atoms with Gasteiger partial charge in [0.2, 0.25) is 5.91 Å². The Balaban J connectivity index is 1.74. The van der Waals surface area contributed by atoms with Gasteiger partial charge in [-0.25, -0.2) is 4.79 Å². The summed E-state index contributed by atoms with van der Waals surface area (Å²) in [4.78, 5) is 27.9. The molecule has 1 aromatic heterocycles. The zero-order valence-corrected chi connectivity index (χ0v) is 11.9. The molecule has 1 aliphatic heterocycles. The number of amides is 1. The van der Waals surface area contributed by atoms with Crippen molar-refractivity contribution in [3.05, 3.63) is 16.4 Å². The van der Waals surface area contributed by atoms with Gasteiger partial charge in [-0.1, -0.05) is 24.9 Å². The first-order valence-corrected chi connectivity index (χ1v) is 7.43. The average Bonchev–Trinajstić information content (AvgIpc) is 2.82. The molecule has 0 radical (unpaired) electrons. The van der Waals surface area contributed by atoms with Crippen molar-refractivity contribution in [3.63, 3.8) is 0 Å². The predicted octanol–water partition coefficient (Wildman–Crippen LogP) is 1.48. The van der Waals surface area contributed by atoms with Gasteiger partial charge in [-0.3, -0.25) is 14.3 Å². The summed E-state index contributed by atoms with van der Waals surface area (Å²) in [5.74, 6) is -0.232. The van der Waals surface area contributed by atoms with Crippen LogP contribution in [0.1, 0.15) is 51.3 Å². The lowest BCUT2D eigenvalue weighted by atomic mass is 9.66. The van der Waals surface area contributed by atoms with Crippen molar-refractivity contribution in [1.29, 1.82) is 0 Å². The molecule has 1 aliphatic carbocycles. The van der Waals surface area contributed by atoms with Gasteiger partial charge < -0.3 is 4.90 Å².